The van der Waals surface area contributed by atoms with Crippen LogP contribution in [0.1, 0.15) is 6.92 Å². The number of nitrogens with zero attached hydrogens (tertiary/aromatic N) is 2. The van der Waals surface area contributed by atoms with Crippen molar-refractivity contribution in [3.8, 4) is 0 Å². The molecular formula is C13H15N3O2S. The third-order valence-electron chi connectivity index (χ3n) is 3.10. The molecule has 0 radical (unpaired) electrons. The molecule has 0 spiro atoms. The van der Waals surface area contributed by atoms with E-state index in [2.05, 4.69) is 0 Å². The Morgan fingerprint density at radius 2 is 2.00 bits per heavy atom. The van der Waals surface area contributed by atoms with Crippen LogP contribution in [-0.2, 0) is 9.59 Å². The molecule has 6 heteroatoms. The maximum absolute atomic E-state index is 12.2. The number of piperazine rings is 1. The van der Waals surface area contributed by atoms with Crippen molar-refractivity contribution in [3.05, 3.63) is 30.3 Å². The topological polar surface area (TPSA) is 66.6 Å². The number of para-hydroxylation sites is 1. The number of thiocarbonyl (C=S) groups is 1. The summed E-state index contributed by atoms with van der Waals surface area (Å²) in [6.45, 7) is 1.94. The number of imide groups is 1. The van der Waals surface area contributed by atoms with Crippen molar-refractivity contribution >= 4 is 34.7 Å². The largest absolute Gasteiger partial charge is 0.392 e. The molecular weight excluding hydrogens is 262 g/mol. The van der Waals surface area contributed by atoms with Crippen molar-refractivity contribution in [2.75, 3.05) is 18.0 Å². The highest BCUT2D eigenvalue weighted by molar-refractivity contribution is 7.80. The average molecular weight is 277 g/mol. The predicted molar refractivity (Wildman–Crippen MR) is 76.8 cm³/mol. The van der Waals surface area contributed by atoms with Crippen LogP contribution >= 0.6 is 12.2 Å². The molecule has 0 bridgehead atoms. The zero-order chi connectivity index (χ0) is 14.0. The molecule has 1 aliphatic heterocycles. The highest BCUT2D eigenvalue weighted by Gasteiger charge is 2.37. The van der Waals surface area contributed by atoms with Gasteiger partial charge in [-0.2, -0.15) is 0 Å². The number of carbonyl (C=O) groups excluding carboxylic acids is 2. The lowest BCUT2D eigenvalue weighted by atomic mass is 10.1. The minimum atomic E-state index is -0.408. The number of carbonyl (C=O) groups is 2. The minimum Gasteiger partial charge on any atom is -0.392 e. The van der Waals surface area contributed by atoms with Gasteiger partial charge in [0, 0.05) is 5.69 Å². The third kappa shape index (κ3) is 2.73. The van der Waals surface area contributed by atoms with E-state index in [1.165, 1.54) is 0 Å². The Hall–Kier alpha value is -1.95. The van der Waals surface area contributed by atoms with Crippen LogP contribution in [0.4, 0.5) is 5.69 Å². The summed E-state index contributed by atoms with van der Waals surface area (Å²) in [7, 11) is 0. The summed E-state index contributed by atoms with van der Waals surface area (Å²) in [5.74, 6) is -0.548. The van der Waals surface area contributed by atoms with Crippen molar-refractivity contribution in [2.45, 2.75) is 13.0 Å². The number of rotatable bonds is 3. The molecule has 100 valence electrons. The lowest BCUT2D eigenvalue weighted by Crippen LogP contribution is -2.60. The molecule has 19 heavy (non-hydrogen) atoms. The normalized spacial score (nSPS) is 19.7. The van der Waals surface area contributed by atoms with Crippen LogP contribution < -0.4 is 10.6 Å². The molecule has 1 aliphatic rings. The van der Waals surface area contributed by atoms with Crippen LogP contribution in [-0.4, -0.2) is 40.8 Å². The Morgan fingerprint density at radius 3 is 2.58 bits per heavy atom. The molecule has 1 fully saturated rings. The zero-order valence-electron chi connectivity index (χ0n) is 10.6. The molecule has 2 rings (SSSR count). The van der Waals surface area contributed by atoms with Crippen LogP contribution in [0, 0.1) is 0 Å². The van der Waals surface area contributed by atoms with Gasteiger partial charge in [-0.25, -0.2) is 0 Å². The van der Waals surface area contributed by atoms with Gasteiger partial charge in [-0.05, 0) is 19.1 Å². The lowest BCUT2D eigenvalue weighted by Gasteiger charge is -2.38. The Kier molecular flexibility index (Phi) is 3.80. The van der Waals surface area contributed by atoms with Gasteiger partial charge in [0.1, 0.15) is 6.04 Å². The van der Waals surface area contributed by atoms with Crippen molar-refractivity contribution in [1.82, 2.24) is 4.90 Å². The summed E-state index contributed by atoms with van der Waals surface area (Å²) < 4.78 is 0. The van der Waals surface area contributed by atoms with E-state index in [1.54, 1.807) is 11.8 Å². The van der Waals surface area contributed by atoms with E-state index in [0.29, 0.717) is 0 Å². The van der Waals surface area contributed by atoms with Crippen molar-refractivity contribution in [2.24, 2.45) is 5.73 Å². The van der Waals surface area contributed by atoms with Crippen LogP contribution in [0.25, 0.3) is 0 Å². The highest BCUT2D eigenvalue weighted by atomic mass is 32.1. The summed E-state index contributed by atoms with van der Waals surface area (Å²) in [6, 6.07) is 8.98. The Morgan fingerprint density at radius 1 is 1.37 bits per heavy atom. The summed E-state index contributed by atoms with van der Waals surface area (Å²) >= 11 is 4.76. The van der Waals surface area contributed by atoms with Gasteiger partial charge in [0.2, 0.25) is 5.91 Å². The average Bonchev–Trinajstić information content (AvgIpc) is 2.39. The summed E-state index contributed by atoms with van der Waals surface area (Å²) in [5.41, 5.74) is 6.26. The molecule has 1 heterocycles. The van der Waals surface area contributed by atoms with E-state index in [1.807, 2.05) is 30.3 Å². The minimum absolute atomic E-state index is 0.0139. The molecule has 2 N–H and O–H groups in total. The second-order valence-corrected chi connectivity index (χ2v) is 4.95. The van der Waals surface area contributed by atoms with Gasteiger partial charge in [0.15, 0.2) is 0 Å². The lowest BCUT2D eigenvalue weighted by molar-refractivity contribution is -0.146. The van der Waals surface area contributed by atoms with E-state index in [0.717, 1.165) is 10.6 Å². The standard InChI is InChI=1S/C13H15N3O2S/c1-9-13(18)16(7-11(14)19)12(17)8-15(9)10-5-3-2-4-6-10/h2-6,9H,7-8H2,1H3,(H2,14,19). The van der Waals surface area contributed by atoms with E-state index < -0.39 is 6.04 Å². The molecule has 1 aromatic rings. The molecule has 0 aromatic heterocycles. The number of hydrogen-bond acceptors (Lipinski definition) is 4. The monoisotopic (exact) mass is 277 g/mol. The Balaban J connectivity index is 2.23. The van der Waals surface area contributed by atoms with Crippen LogP contribution in [0.5, 0.6) is 0 Å². The van der Waals surface area contributed by atoms with E-state index in [9.17, 15) is 9.59 Å². The van der Waals surface area contributed by atoms with Crippen LogP contribution in [0.2, 0.25) is 0 Å². The van der Waals surface area contributed by atoms with E-state index in [-0.39, 0.29) is 29.9 Å². The Bertz CT molecular complexity index is 518. The number of hydrogen-bond donors (Lipinski definition) is 1. The fourth-order valence-corrected chi connectivity index (χ4v) is 2.24. The fraction of sp³-hybridized carbons (Fsp3) is 0.308. The molecule has 0 aliphatic carbocycles. The molecule has 1 aromatic carbocycles. The maximum atomic E-state index is 12.2. The van der Waals surface area contributed by atoms with Gasteiger partial charge in [-0.3, -0.25) is 14.5 Å². The molecule has 1 unspecified atom stereocenters. The van der Waals surface area contributed by atoms with Crippen molar-refractivity contribution in [1.29, 1.82) is 0 Å². The molecule has 1 atom stereocenters. The third-order valence-corrected chi connectivity index (χ3v) is 3.23. The second kappa shape index (κ2) is 5.36. The van der Waals surface area contributed by atoms with E-state index in [4.69, 9.17) is 18.0 Å². The van der Waals surface area contributed by atoms with Crippen LogP contribution in [0.3, 0.4) is 0 Å². The van der Waals surface area contributed by atoms with Gasteiger partial charge >= 0.3 is 0 Å². The maximum Gasteiger partial charge on any atom is 0.252 e. The Labute approximate surface area is 117 Å². The number of nitrogens with two attached hydrogens (primary N) is 1. The summed E-state index contributed by atoms with van der Waals surface area (Å²) in [5, 5.41) is 0. The SMILES string of the molecule is CC1C(=O)N(CC(N)=S)C(=O)CN1c1ccccc1. The summed E-state index contributed by atoms with van der Waals surface area (Å²) in [6.07, 6.45) is 0. The van der Waals surface area contributed by atoms with Crippen molar-refractivity contribution < 1.29 is 9.59 Å². The fourth-order valence-electron chi connectivity index (χ4n) is 2.11. The number of amides is 2. The van der Waals surface area contributed by atoms with Crippen LogP contribution in [0.15, 0.2) is 30.3 Å². The van der Waals surface area contributed by atoms with Gasteiger partial charge < -0.3 is 10.6 Å². The highest BCUT2D eigenvalue weighted by Crippen LogP contribution is 2.21. The molecule has 5 nitrogen and oxygen atoms in total. The summed E-state index contributed by atoms with van der Waals surface area (Å²) in [4.78, 5) is 27.3. The molecule has 2 amide bonds. The van der Waals surface area contributed by atoms with E-state index >= 15 is 0 Å². The first-order valence-corrected chi connectivity index (χ1v) is 6.35. The first kappa shape index (κ1) is 13.5. The molecule has 0 saturated carbocycles. The number of anilines is 1. The quantitative estimate of drug-likeness (QED) is 0.645. The van der Waals surface area contributed by atoms with Gasteiger partial charge in [0.25, 0.3) is 5.91 Å². The van der Waals surface area contributed by atoms with Gasteiger partial charge in [-0.1, -0.05) is 30.4 Å². The number of benzene rings is 1. The first-order valence-electron chi connectivity index (χ1n) is 5.95. The second-order valence-electron chi connectivity index (χ2n) is 4.42. The van der Waals surface area contributed by atoms with Gasteiger partial charge in [0.05, 0.1) is 18.1 Å². The van der Waals surface area contributed by atoms with Gasteiger partial charge in [-0.15, -0.1) is 0 Å². The first-order chi connectivity index (χ1) is 9.00. The van der Waals surface area contributed by atoms with Crippen molar-refractivity contribution in [3.63, 3.8) is 0 Å². The zero-order valence-corrected chi connectivity index (χ0v) is 11.4. The molecule has 1 saturated heterocycles. The smallest absolute Gasteiger partial charge is 0.252 e. The predicted octanol–water partition coefficient (Wildman–Crippen LogP) is 0.536.